The van der Waals surface area contributed by atoms with E-state index in [1.807, 2.05) is 5.38 Å². The van der Waals surface area contributed by atoms with Crippen LogP contribution in [0.15, 0.2) is 45.9 Å². The molecule has 1 amide bonds. The van der Waals surface area contributed by atoms with Gasteiger partial charge in [0.1, 0.15) is 0 Å². The lowest BCUT2D eigenvalue weighted by Gasteiger charge is -2.06. The highest BCUT2D eigenvalue weighted by atomic mass is 32.1. The Kier molecular flexibility index (Phi) is 4.81. The van der Waals surface area contributed by atoms with Crippen molar-refractivity contribution in [3.63, 3.8) is 0 Å². The summed E-state index contributed by atoms with van der Waals surface area (Å²) in [5, 5.41) is 16.4. The van der Waals surface area contributed by atoms with Gasteiger partial charge in [-0.25, -0.2) is 4.79 Å². The number of hydrogen-bond donors (Lipinski definition) is 4. The van der Waals surface area contributed by atoms with E-state index in [1.165, 1.54) is 11.1 Å². The molecule has 0 saturated heterocycles. The van der Waals surface area contributed by atoms with Crippen molar-refractivity contribution >= 4 is 17.2 Å². The number of nitrogens with one attached hydrogen (secondary N) is 3. The predicted molar refractivity (Wildman–Crippen MR) is 93.3 cm³/mol. The third-order valence-electron chi connectivity index (χ3n) is 3.66. The Morgan fingerprint density at radius 3 is 2.54 bits per heavy atom. The quantitative estimate of drug-likeness (QED) is 0.551. The summed E-state index contributed by atoms with van der Waals surface area (Å²) in [6.07, 6.45) is 0.646. The molecule has 1 aromatic carbocycles. The van der Waals surface area contributed by atoms with Crippen LogP contribution in [0.5, 0.6) is 5.88 Å². The Labute approximate surface area is 142 Å². The molecule has 0 radical (unpaired) electrons. The number of thiophene rings is 1. The smallest absolute Gasteiger partial charge is 0.325 e. The SMILES string of the molecule is O=C(Cc1[nH]c(=O)[nH]c1O)NCCc1ccc(-c2ccsc2)cc1. The fourth-order valence-corrected chi connectivity index (χ4v) is 3.07. The lowest BCUT2D eigenvalue weighted by atomic mass is 10.1. The van der Waals surface area contributed by atoms with Crippen LogP contribution in [0.1, 0.15) is 11.3 Å². The molecule has 4 N–H and O–H groups in total. The number of imidazole rings is 1. The third-order valence-corrected chi connectivity index (χ3v) is 4.35. The van der Waals surface area contributed by atoms with E-state index in [-0.39, 0.29) is 23.9 Å². The Morgan fingerprint density at radius 2 is 1.92 bits per heavy atom. The Balaban J connectivity index is 1.48. The molecule has 0 atom stereocenters. The second-order valence-electron chi connectivity index (χ2n) is 5.39. The molecule has 0 bridgehead atoms. The molecule has 0 aliphatic rings. The van der Waals surface area contributed by atoms with Crippen LogP contribution in [0.4, 0.5) is 0 Å². The van der Waals surface area contributed by atoms with Crippen LogP contribution < -0.4 is 11.0 Å². The summed E-state index contributed by atoms with van der Waals surface area (Å²) in [6.45, 7) is 0.492. The number of hydrogen-bond acceptors (Lipinski definition) is 4. The van der Waals surface area contributed by atoms with Gasteiger partial charge in [0.15, 0.2) is 0 Å². The minimum atomic E-state index is -0.527. The maximum Gasteiger partial charge on any atom is 0.325 e. The number of carbonyl (C=O) groups is 1. The highest BCUT2D eigenvalue weighted by Gasteiger charge is 2.10. The van der Waals surface area contributed by atoms with E-state index in [0.717, 1.165) is 5.56 Å². The Bertz CT molecular complexity index is 863. The summed E-state index contributed by atoms with van der Waals surface area (Å²) < 4.78 is 0. The van der Waals surface area contributed by atoms with Gasteiger partial charge in [-0.15, -0.1) is 0 Å². The van der Waals surface area contributed by atoms with Gasteiger partial charge in [0.2, 0.25) is 11.8 Å². The molecule has 3 rings (SSSR count). The zero-order valence-electron chi connectivity index (χ0n) is 12.8. The molecule has 24 heavy (non-hydrogen) atoms. The van der Waals surface area contributed by atoms with Crippen LogP contribution in [0.3, 0.4) is 0 Å². The number of benzene rings is 1. The molecule has 2 aromatic heterocycles. The van der Waals surface area contributed by atoms with Gasteiger partial charge in [0.25, 0.3) is 0 Å². The first-order chi connectivity index (χ1) is 11.6. The number of aromatic nitrogens is 2. The van der Waals surface area contributed by atoms with Gasteiger partial charge in [0, 0.05) is 6.54 Å². The van der Waals surface area contributed by atoms with Gasteiger partial charge in [-0.2, -0.15) is 11.3 Å². The fraction of sp³-hybridized carbons (Fsp3) is 0.176. The number of H-pyrrole nitrogens is 2. The van der Waals surface area contributed by atoms with Crippen LogP contribution >= 0.6 is 11.3 Å². The second-order valence-corrected chi connectivity index (χ2v) is 6.17. The van der Waals surface area contributed by atoms with Gasteiger partial charge in [-0.3, -0.25) is 9.78 Å². The van der Waals surface area contributed by atoms with Crippen molar-refractivity contribution in [1.29, 1.82) is 0 Å². The summed E-state index contributed by atoms with van der Waals surface area (Å²) in [5.74, 6) is -0.547. The van der Waals surface area contributed by atoms with Gasteiger partial charge in [-0.1, -0.05) is 24.3 Å². The number of aromatic amines is 2. The summed E-state index contributed by atoms with van der Waals surface area (Å²) in [7, 11) is 0. The molecule has 0 aliphatic heterocycles. The fourth-order valence-electron chi connectivity index (χ4n) is 2.40. The Morgan fingerprint density at radius 1 is 1.12 bits per heavy atom. The van der Waals surface area contributed by atoms with Crippen molar-refractivity contribution in [2.45, 2.75) is 12.8 Å². The van der Waals surface area contributed by atoms with Gasteiger partial charge >= 0.3 is 5.69 Å². The van der Waals surface area contributed by atoms with E-state index in [9.17, 15) is 14.7 Å². The topological polar surface area (TPSA) is 98.0 Å². The van der Waals surface area contributed by atoms with Crippen molar-refractivity contribution in [2.24, 2.45) is 0 Å². The summed E-state index contributed by atoms with van der Waals surface area (Å²) in [5.41, 5.74) is 3.18. The summed E-state index contributed by atoms with van der Waals surface area (Å²) >= 11 is 1.67. The van der Waals surface area contributed by atoms with Crippen molar-refractivity contribution in [3.05, 3.63) is 62.8 Å². The van der Waals surface area contributed by atoms with Crippen LogP contribution in [-0.2, 0) is 17.6 Å². The molecule has 2 heterocycles. The standard InChI is InChI=1S/C17H17N3O3S/c21-15(9-14-16(22)20-17(23)19-14)18-7-5-11-1-3-12(4-2-11)13-6-8-24-10-13/h1-4,6,8,10,22H,5,7,9H2,(H,18,21)(H2,19,20,23). The van der Waals surface area contributed by atoms with Crippen LogP contribution in [-0.4, -0.2) is 27.5 Å². The molecule has 0 unspecified atom stereocenters. The normalized spacial score (nSPS) is 10.7. The van der Waals surface area contributed by atoms with Gasteiger partial charge in [0.05, 0.1) is 12.1 Å². The molecule has 7 heteroatoms. The van der Waals surface area contributed by atoms with Crippen molar-refractivity contribution < 1.29 is 9.90 Å². The van der Waals surface area contributed by atoms with Crippen molar-refractivity contribution in [3.8, 4) is 17.0 Å². The van der Waals surface area contributed by atoms with E-state index in [0.29, 0.717) is 13.0 Å². The van der Waals surface area contributed by atoms with Gasteiger partial charge < -0.3 is 15.4 Å². The molecule has 0 fully saturated rings. The first-order valence-electron chi connectivity index (χ1n) is 7.50. The molecule has 0 aliphatic carbocycles. The van der Waals surface area contributed by atoms with E-state index < -0.39 is 5.69 Å². The van der Waals surface area contributed by atoms with E-state index >= 15 is 0 Å². The molecule has 3 aromatic rings. The second kappa shape index (κ2) is 7.18. The monoisotopic (exact) mass is 343 g/mol. The van der Waals surface area contributed by atoms with E-state index in [2.05, 4.69) is 51.0 Å². The number of aromatic hydroxyl groups is 1. The first-order valence-corrected chi connectivity index (χ1v) is 8.44. The Hall–Kier alpha value is -2.80. The van der Waals surface area contributed by atoms with E-state index in [1.54, 1.807) is 11.3 Å². The zero-order valence-corrected chi connectivity index (χ0v) is 13.7. The van der Waals surface area contributed by atoms with Crippen LogP contribution in [0.2, 0.25) is 0 Å². The minimum Gasteiger partial charge on any atom is -0.493 e. The highest BCUT2D eigenvalue weighted by molar-refractivity contribution is 7.08. The summed E-state index contributed by atoms with van der Waals surface area (Å²) in [6, 6.07) is 10.3. The largest absolute Gasteiger partial charge is 0.493 e. The maximum absolute atomic E-state index is 11.8. The average Bonchev–Trinajstić information content (AvgIpc) is 3.18. The molecule has 0 spiro atoms. The molecular formula is C17H17N3O3S. The van der Waals surface area contributed by atoms with Gasteiger partial charge in [-0.05, 0) is 39.9 Å². The molecule has 124 valence electrons. The van der Waals surface area contributed by atoms with Crippen LogP contribution in [0, 0.1) is 0 Å². The molecular weight excluding hydrogens is 326 g/mol. The number of rotatable bonds is 6. The zero-order chi connectivity index (χ0) is 16.9. The van der Waals surface area contributed by atoms with Crippen molar-refractivity contribution in [1.82, 2.24) is 15.3 Å². The lowest BCUT2D eigenvalue weighted by molar-refractivity contribution is -0.120. The third kappa shape index (κ3) is 3.94. The number of amides is 1. The van der Waals surface area contributed by atoms with E-state index in [4.69, 9.17) is 0 Å². The molecule has 0 saturated carbocycles. The predicted octanol–water partition coefficient (Wildman–Crippen LogP) is 2.04. The maximum atomic E-state index is 11.8. The minimum absolute atomic E-state index is 0.0678. The number of carbonyl (C=O) groups excluding carboxylic acids is 1. The summed E-state index contributed by atoms with van der Waals surface area (Å²) in [4.78, 5) is 27.4. The molecule has 6 nitrogen and oxygen atoms in total. The lowest BCUT2D eigenvalue weighted by Crippen LogP contribution is -2.27. The first kappa shape index (κ1) is 16.1. The van der Waals surface area contributed by atoms with Crippen molar-refractivity contribution in [2.75, 3.05) is 6.54 Å². The average molecular weight is 343 g/mol. The van der Waals surface area contributed by atoms with Crippen LogP contribution in [0.25, 0.3) is 11.1 Å². The highest BCUT2D eigenvalue weighted by Crippen LogP contribution is 2.22.